The lowest BCUT2D eigenvalue weighted by Crippen LogP contribution is -1.90. The zero-order valence-corrected chi connectivity index (χ0v) is 17.9. The van der Waals surface area contributed by atoms with Crippen LogP contribution in [0, 0.1) is 0 Å². The van der Waals surface area contributed by atoms with Crippen molar-refractivity contribution in [2.45, 2.75) is 0 Å². The van der Waals surface area contributed by atoms with E-state index in [4.69, 9.17) is 4.98 Å². The Kier molecular flexibility index (Phi) is 3.88. The Morgan fingerprint density at radius 1 is 0.424 bits per heavy atom. The second-order valence-electron chi connectivity index (χ2n) is 8.42. The lowest BCUT2D eigenvalue weighted by Gasteiger charge is -2.06. The largest absolute Gasteiger partial charge is 0.291 e. The highest BCUT2D eigenvalue weighted by atomic mass is 15.0. The summed E-state index contributed by atoms with van der Waals surface area (Å²) in [5, 5.41) is 7.35. The molecule has 0 saturated carbocycles. The van der Waals surface area contributed by atoms with Crippen molar-refractivity contribution < 1.29 is 0 Å². The molecule has 0 radical (unpaired) electrons. The number of rotatable bonds is 1. The Hall–Kier alpha value is -4.43. The molecule has 0 bridgehead atoms. The van der Waals surface area contributed by atoms with Crippen molar-refractivity contribution in [3.63, 3.8) is 0 Å². The fourth-order valence-electron chi connectivity index (χ4n) is 5.16. The molecule has 0 fully saturated rings. The second kappa shape index (κ2) is 7.04. The molecule has 154 valence electrons. The molecule has 0 aliphatic carbocycles. The topological polar surface area (TPSA) is 17.3 Å². The normalized spacial score (nSPS) is 11.6. The molecule has 0 atom stereocenters. The Balaban J connectivity index is 1.93. The molecule has 2 heteroatoms. The summed E-state index contributed by atoms with van der Waals surface area (Å²) in [6.45, 7) is 0. The van der Waals surface area contributed by atoms with Gasteiger partial charge in [0.2, 0.25) is 0 Å². The van der Waals surface area contributed by atoms with Crippen LogP contribution < -0.4 is 0 Å². The van der Waals surface area contributed by atoms with Gasteiger partial charge in [0.15, 0.2) is 0 Å². The third-order valence-corrected chi connectivity index (χ3v) is 6.58. The first-order valence-corrected chi connectivity index (χ1v) is 11.3. The maximum Gasteiger partial charge on any atom is 0.145 e. The molecule has 0 unspecified atom stereocenters. The predicted octanol–water partition coefficient (Wildman–Crippen LogP) is 8.18. The van der Waals surface area contributed by atoms with Gasteiger partial charge >= 0.3 is 0 Å². The molecular formula is C31H20N2. The average molecular weight is 421 g/mol. The molecule has 0 saturated heterocycles. The number of nitrogens with zero attached hydrogens (tertiary/aromatic N) is 2. The van der Waals surface area contributed by atoms with Crippen LogP contribution >= 0.6 is 0 Å². The number of hydrogen-bond acceptors (Lipinski definition) is 1. The zero-order valence-electron chi connectivity index (χ0n) is 17.9. The van der Waals surface area contributed by atoms with Gasteiger partial charge < -0.3 is 0 Å². The van der Waals surface area contributed by atoms with Crippen LogP contribution in [0.15, 0.2) is 121 Å². The molecule has 0 spiro atoms. The van der Waals surface area contributed by atoms with Crippen molar-refractivity contribution in [1.82, 2.24) is 9.38 Å². The molecular weight excluding hydrogens is 400 g/mol. The predicted molar refractivity (Wildman–Crippen MR) is 139 cm³/mol. The Bertz CT molecular complexity index is 1860. The quantitative estimate of drug-likeness (QED) is 0.262. The van der Waals surface area contributed by atoms with E-state index >= 15 is 0 Å². The van der Waals surface area contributed by atoms with Crippen LogP contribution in [0.25, 0.3) is 60.3 Å². The summed E-state index contributed by atoms with van der Waals surface area (Å²) in [7, 11) is 0. The summed E-state index contributed by atoms with van der Waals surface area (Å²) in [5.74, 6) is 0.961. The van der Waals surface area contributed by atoms with Gasteiger partial charge in [0.05, 0.1) is 16.6 Å². The maximum atomic E-state index is 5.16. The molecule has 0 aliphatic heterocycles. The minimum Gasteiger partial charge on any atom is -0.291 e. The van der Waals surface area contributed by atoms with Crippen molar-refractivity contribution >= 4 is 48.9 Å². The van der Waals surface area contributed by atoms with Crippen molar-refractivity contribution in [1.29, 1.82) is 0 Å². The van der Waals surface area contributed by atoms with Crippen molar-refractivity contribution in [2.75, 3.05) is 0 Å². The first-order chi connectivity index (χ1) is 16.4. The fraction of sp³-hybridized carbons (Fsp3) is 0. The molecule has 2 nitrogen and oxygen atoms in total. The van der Waals surface area contributed by atoms with Gasteiger partial charge in [-0.2, -0.15) is 0 Å². The average Bonchev–Trinajstić information content (AvgIpc) is 3.30. The highest BCUT2D eigenvalue weighted by Gasteiger charge is 2.15. The lowest BCUT2D eigenvalue weighted by atomic mass is 10.0. The van der Waals surface area contributed by atoms with Crippen molar-refractivity contribution in [3.05, 3.63) is 121 Å². The van der Waals surface area contributed by atoms with E-state index in [2.05, 4.69) is 126 Å². The second-order valence-corrected chi connectivity index (χ2v) is 8.42. The Labute approximate surface area is 191 Å². The molecule has 2 aromatic heterocycles. The molecule has 5 aromatic carbocycles. The van der Waals surface area contributed by atoms with Crippen LogP contribution in [0.2, 0.25) is 0 Å². The molecule has 2 heterocycles. The summed E-state index contributed by atoms with van der Waals surface area (Å²) >= 11 is 0. The standard InChI is InChI=1S/C31H20N2/c1-2-11-21(12-3-1)31-32-28-19-10-18-27-25-16-7-5-14-23(25)22-13-4-6-15-24(22)26-17-8-9-20-29(26)33(31)30(27)28/h1-20H. The van der Waals surface area contributed by atoms with Crippen LogP contribution in [-0.2, 0) is 0 Å². The molecule has 7 rings (SSSR count). The van der Waals surface area contributed by atoms with E-state index in [9.17, 15) is 0 Å². The van der Waals surface area contributed by atoms with Gasteiger partial charge in [-0.05, 0) is 33.7 Å². The van der Waals surface area contributed by atoms with E-state index < -0.39 is 0 Å². The van der Waals surface area contributed by atoms with Gasteiger partial charge in [-0.3, -0.25) is 4.40 Å². The minimum absolute atomic E-state index is 0.961. The number of hydrogen-bond donors (Lipinski definition) is 0. The highest BCUT2D eigenvalue weighted by molar-refractivity contribution is 6.21. The summed E-state index contributed by atoms with van der Waals surface area (Å²) in [6, 6.07) is 43.1. The molecule has 0 N–H and O–H groups in total. The summed E-state index contributed by atoms with van der Waals surface area (Å²) < 4.78 is 2.36. The molecule has 33 heavy (non-hydrogen) atoms. The smallest absolute Gasteiger partial charge is 0.145 e. The summed E-state index contributed by atoms with van der Waals surface area (Å²) in [4.78, 5) is 5.16. The Morgan fingerprint density at radius 2 is 0.939 bits per heavy atom. The van der Waals surface area contributed by atoms with Crippen molar-refractivity contribution in [3.8, 4) is 11.4 Å². The van der Waals surface area contributed by atoms with Gasteiger partial charge in [-0.1, -0.05) is 109 Å². The van der Waals surface area contributed by atoms with Gasteiger partial charge in [0.1, 0.15) is 5.82 Å². The number of imidazole rings is 1. The molecule has 7 aromatic rings. The van der Waals surface area contributed by atoms with Crippen LogP contribution in [-0.4, -0.2) is 9.38 Å². The van der Waals surface area contributed by atoms with Crippen LogP contribution in [0.3, 0.4) is 0 Å². The number of benzene rings is 5. The fourth-order valence-corrected chi connectivity index (χ4v) is 5.16. The Morgan fingerprint density at radius 3 is 1.64 bits per heavy atom. The monoisotopic (exact) mass is 420 g/mol. The van der Waals surface area contributed by atoms with Gasteiger partial charge in [-0.25, -0.2) is 4.98 Å². The third kappa shape index (κ3) is 2.64. The zero-order chi connectivity index (χ0) is 21.8. The minimum atomic E-state index is 0.961. The molecule has 0 aliphatic rings. The number of para-hydroxylation sites is 2. The van der Waals surface area contributed by atoms with Crippen molar-refractivity contribution in [2.24, 2.45) is 0 Å². The van der Waals surface area contributed by atoms with E-state index in [1.165, 1.54) is 32.3 Å². The highest BCUT2D eigenvalue weighted by Crippen LogP contribution is 2.36. The van der Waals surface area contributed by atoms with Crippen LogP contribution in [0.5, 0.6) is 0 Å². The lowest BCUT2D eigenvalue weighted by molar-refractivity contribution is 1.23. The van der Waals surface area contributed by atoms with Crippen LogP contribution in [0.4, 0.5) is 0 Å². The first kappa shape index (κ1) is 18.2. The third-order valence-electron chi connectivity index (χ3n) is 6.58. The number of fused-ring (bicyclic) bond motifs is 7. The van der Waals surface area contributed by atoms with Gasteiger partial charge in [0, 0.05) is 16.3 Å². The van der Waals surface area contributed by atoms with E-state index in [1.54, 1.807) is 0 Å². The van der Waals surface area contributed by atoms with E-state index in [-0.39, 0.29) is 0 Å². The first-order valence-electron chi connectivity index (χ1n) is 11.3. The maximum absolute atomic E-state index is 5.16. The summed E-state index contributed by atoms with van der Waals surface area (Å²) in [5.41, 5.74) is 4.40. The number of aromatic nitrogens is 2. The van der Waals surface area contributed by atoms with Gasteiger partial charge in [-0.15, -0.1) is 0 Å². The summed E-state index contributed by atoms with van der Waals surface area (Å²) in [6.07, 6.45) is 0. The van der Waals surface area contributed by atoms with E-state index in [1.807, 2.05) is 0 Å². The molecule has 0 amide bonds. The van der Waals surface area contributed by atoms with Crippen LogP contribution in [0.1, 0.15) is 0 Å². The SMILES string of the molecule is c1ccc(-c2nc3cccc4c5ccccc5c5ccccc5c5ccccc5n2c34)cc1. The van der Waals surface area contributed by atoms with Gasteiger partial charge in [0.25, 0.3) is 0 Å². The van der Waals surface area contributed by atoms with E-state index in [0.29, 0.717) is 0 Å². The van der Waals surface area contributed by atoms with E-state index in [0.717, 1.165) is 27.9 Å².